The molecule has 0 atom stereocenters. The number of benzene rings is 1. The molecule has 7 heteroatoms. The Labute approximate surface area is 147 Å². The maximum atomic E-state index is 12.1. The Morgan fingerprint density at radius 2 is 2.12 bits per heavy atom. The number of carbonyl (C=O) groups is 1. The molecule has 3 aromatic rings. The quantitative estimate of drug-likeness (QED) is 0.684. The number of aromatic nitrogens is 2. The molecule has 2 aromatic heterocycles. The summed E-state index contributed by atoms with van der Waals surface area (Å²) in [6.45, 7) is 4.47. The van der Waals surface area contributed by atoms with Gasteiger partial charge in [-0.15, -0.1) is 11.3 Å². The normalized spacial score (nSPS) is 10.8. The van der Waals surface area contributed by atoms with Gasteiger partial charge < -0.3 is 4.74 Å². The van der Waals surface area contributed by atoms with Gasteiger partial charge in [0.2, 0.25) is 4.80 Å². The number of ketones is 1. The Kier molecular flexibility index (Phi) is 4.92. The van der Waals surface area contributed by atoms with Gasteiger partial charge >= 0.3 is 0 Å². The maximum Gasteiger partial charge on any atom is 0.200 e. The predicted molar refractivity (Wildman–Crippen MR) is 94.9 cm³/mol. The third kappa shape index (κ3) is 3.80. The van der Waals surface area contributed by atoms with E-state index in [0.717, 1.165) is 5.75 Å². The highest BCUT2D eigenvalue weighted by Gasteiger charge is 2.12. The molecule has 1 N–H and O–H groups in total. The van der Waals surface area contributed by atoms with E-state index in [0.29, 0.717) is 16.5 Å². The van der Waals surface area contributed by atoms with Gasteiger partial charge in [0.1, 0.15) is 18.9 Å². The molecule has 0 aliphatic heterocycles. The third-order valence-corrected chi connectivity index (χ3v) is 5.36. The highest BCUT2D eigenvalue weighted by molar-refractivity contribution is 7.12. The summed E-state index contributed by atoms with van der Waals surface area (Å²) in [5.41, 5.74) is 2.39. The molecule has 0 radical (unpaired) electrons. The Balaban J connectivity index is 1.66. The molecule has 1 aromatic carbocycles. The maximum absolute atomic E-state index is 12.1. The second kappa shape index (κ2) is 7.11. The summed E-state index contributed by atoms with van der Waals surface area (Å²) in [6.07, 6.45) is 0. The highest BCUT2D eigenvalue weighted by Crippen LogP contribution is 2.18. The smallest absolute Gasteiger partial charge is 0.200 e. The van der Waals surface area contributed by atoms with E-state index in [1.165, 1.54) is 38.5 Å². The first kappa shape index (κ1) is 16.6. The number of thiophene rings is 1. The van der Waals surface area contributed by atoms with Gasteiger partial charge in [0.05, 0.1) is 4.88 Å². The molecule has 0 bridgehead atoms. The van der Waals surface area contributed by atoms with Crippen LogP contribution in [0.4, 0.5) is 0 Å². The Hall–Kier alpha value is -2.25. The van der Waals surface area contributed by atoms with Crippen LogP contribution in [-0.2, 0) is 13.2 Å². The van der Waals surface area contributed by atoms with Crippen LogP contribution >= 0.6 is 22.7 Å². The first-order valence-corrected chi connectivity index (χ1v) is 9.11. The number of rotatable bonds is 6. The van der Waals surface area contributed by atoms with E-state index in [-0.39, 0.29) is 17.1 Å². The lowest BCUT2D eigenvalue weighted by atomic mass is 10.1. The van der Waals surface area contributed by atoms with E-state index in [1.807, 2.05) is 36.6 Å². The van der Waals surface area contributed by atoms with Gasteiger partial charge in [0.15, 0.2) is 10.8 Å². The molecule has 0 aliphatic rings. The first-order valence-electron chi connectivity index (χ1n) is 7.41. The molecule has 0 fully saturated rings. The average Bonchev–Trinajstić information content (AvgIpc) is 3.19. The second-order valence-corrected chi connectivity index (χ2v) is 7.40. The van der Waals surface area contributed by atoms with Crippen molar-refractivity contribution in [1.82, 2.24) is 9.78 Å². The monoisotopic (exact) mass is 359 g/mol. The Bertz CT molecular complexity index is 910. The van der Waals surface area contributed by atoms with Crippen molar-refractivity contribution in [1.29, 1.82) is 5.41 Å². The van der Waals surface area contributed by atoms with Crippen LogP contribution < -0.4 is 9.54 Å². The Morgan fingerprint density at radius 1 is 1.29 bits per heavy atom. The van der Waals surface area contributed by atoms with E-state index < -0.39 is 0 Å². The number of ether oxygens (including phenoxy) is 1. The summed E-state index contributed by atoms with van der Waals surface area (Å²) in [5.74, 6) is 0.747. The van der Waals surface area contributed by atoms with Crippen molar-refractivity contribution in [2.45, 2.75) is 27.0 Å². The molecular weight excluding hydrogens is 342 g/mol. The van der Waals surface area contributed by atoms with Crippen molar-refractivity contribution in [2.24, 2.45) is 0 Å². The highest BCUT2D eigenvalue weighted by atomic mass is 32.1. The minimum Gasteiger partial charge on any atom is -0.486 e. The van der Waals surface area contributed by atoms with E-state index in [4.69, 9.17) is 10.1 Å². The number of nitrogens with zero attached hydrogens (tertiary/aromatic N) is 2. The zero-order valence-electron chi connectivity index (χ0n) is 13.4. The fraction of sp³-hybridized carbons (Fsp3) is 0.235. The summed E-state index contributed by atoms with van der Waals surface area (Å²) in [7, 11) is 0. The van der Waals surface area contributed by atoms with Crippen molar-refractivity contribution in [3.8, 4) is 5.75 Å². The molecule has 5 nitrogen and oxygen atoms in total. The lowest BCUT2D eigenvalue weighted by Gasteiger charge is -2.06. The van der Waals surface area contributed by atoms with Crippen LogP contribution in [-0.4, -0.2) is 15.6 Å². The van der Waals surface area contributed by atoms with Gasteiger partial charge in [-0.2, -0.15) is 5.10 Å². The summed E-state index contributed by atoms with van der Waals surface area (Å²) in [6, 6.07) is 9.55. The lowest BCUT2D eigenvalue weighted by Crippen LogP contribution is -2.20. The number of aryl methyl sites for hydroxylation is 2. The minimum absolute atomic E-state index is 0.0320. The van der Waals surface area contributed by atoms with E-state index in [9.17, 15) is 4.79 Å². The summed E-state index contributed by atoms with van der Waals surface area (Å²) < 4.78 is 7.16. The van der Waals surface area contributed by atoms with Gasteiger partial charge in [-0.05, 0) is 48.6 Å². The van der Waals surface area contributed by atoms with Gasteiger partial charge in [0, 0.05) is 0 Å². The fourth-order valence-corrected chi connectivity index (χ4v) is 3.48. The van der Waals surface area contributed by atoms with Crippen LogP contribution in [0.3, 0.4) is 0 Å². The van der Waals surface area contributed by atoms with Gasteiger partial charge in [-0.1, -0.05) is 23.5 Å². The molecule has 24 heavy (non-hydrogen) atoms. The van der Waals surface area contributed by atoms with Crippen LogP contribution in [0, 0.1) is 19.3 Å². The predicted octanol–water partition coefficient (Wildman–Crippen LogP) is 3.56. The molecule has 0 unspecified atom stereocenters. The SMILES string of the molecule is Cc1ccc(OCc2nn(CC(=O)c3cccs3)c(=N)s2)cc1C. The summed E-state index contributed by atoms with van der Waals surface area (Å²) >= 11 is 2.62. The minimum atomic E-state index is -0.0320. The van der Waals surface area contributed by atoms with Gasteiger partial charge in [-0.3, -0.25) is 10.2 Å². The van der Waals surface area contributed by atoms with Crippen molar-refractivity contribution < 1.29 is 9.53 Å². The topological polar surface area (TPSA) is 68.0 Å². The molecule has 0 amide bonds. The van der Waals surface area contributed by atoms with Crippen LogP contribution in [0.15, 0.2) is 35.7 Å². The zero-order chi connectivity index (χ0) is 17.1. The molecule has 0 saturated carbocycles. The van der Waals surface area contributed by atoms with Crippen molar-refractivity contribution in [3.63, 3.8) is 0 Å². The van der Waals surface area contributed by atoms with Crippen molar-refractivity contribution in [2.75, 3.05) is 0 Å². The van der Waals surface area contributed by atoms with Gasteiger partial charge in [-0.25, -0.2) is 4.68 Å². The number of hydrogen-bond donors (Lipinski definition) is 1. The second-order valence-electron chi connectivity index (χ2n) is 5.39. The molecule has 0 aliphatic carbocycles. The number of nitrogens with one attached hydrogen (secondary N) is 1. The number of Topliss-reactive ketones (excluding diaryl/α,β-unsaturated/α-hetero) is 1. The van der Waals surface area contributed by atoms with Crippen molar-refractivity contribution >= 4 is 28.5 Å². The molecular formula is C17H17N3O2S2. The van der Waals surface area contributed by atoms with Crippen molar-refractivity contribution in [3.05, 3.63) is 61.5 Å². The molecule has 124 valence electrons. The zero-order valence-corrected chi connectivity index (χ0v) is 15.0. The molecule has 2 heterocycles. The largest absolute Gasteiger partial charge is 0.486 e. The third-order valence-electron chi connectivity index (χ3n) is 3.61. The fourth-order valence-electron chi connectivity index (χ4n) is 2.13. The average molecular weight is 359 g/mol. The van der Waals surface area contributed by atoms with E-state index in [2.05, 4.69) is 12.0 Å². The van der Waals surface area contributed by atoms with E-state index >= 15 is 0 Å². The number of hydrogen-bond acceptors (Lipinski definition) is 6. The van der Waals surface area contributed by atoms with Gasteiger partial charge in [0.25, 0.3) is 0 Å². The molecule has 0 spiro atoms. The molecule has 0 saturated heterocycles. The summed E-state index contributed by atoms with van der Waals surface area (Å²) in [5, 5.41) is 14.8. The Morgan fingerprint density at radius 3 is 2.83 bits per heavy atom. The lowest BCUT2D eigenvalue weighted by molar-refractivity contribution is 0.0969. The molecule has 3 rings (SSSR count). The summed E-state index contributed by atoms with van der Waals surface area (Å²) in [4.78, 5) is 13.1. The first-order chi connectivity index (χ1) is 11.5. The van der Waals surface area contributed by atoms with E-state index in [1.54, 1.807) is 6.07 Å². The van der Waals surface area contributed by atoms with Crippen LogP contribution in [0.25, 0.3) is 0 Å². The van der Waals surface area contributed by atoms with Crippen LogP contribution in [0.2, 0.25) is 0 Å². The standard InChI is InChI=1S/C17H17N3O2S2/c1-11-5-6-13(8-12(11)2)22-10-16-19-20(17(18)24-16)9-14(21)15-4-3-7-23-15/h3-8,18H,9-10H2,1-2H3. The van der Waals surface area contributed by atoms with Crippen LogP contribution in [0.5, 0.6) is 5.75 Å². The van der Waals surface area contributed by atoms with Crippen LogP contribution in [0.1, 0.15) is 25.8 Å². The number of carbonyl (C=O) groups excluding carboxylic acids is 1.